The zero-order valence-electron chi connectivity index (χ0n) is 11.7. The van der Waals surface area contributed by atoms with Gasteiger partial charge in [0.15, 0.2) is 0 Å². The molecule has 0 aromatic carbocycles. The first-order valence-corrected chi connectivity index (χ1v) is 7.28. The fourth-order valence-corrected chi connectivity index (χ4v) is 2.61. The molecular weight excluding hydrogens is 224 g/mol. The predicted molar refractivity (Wildman–Crippen MR) is 74.7 cm³/mol. The number of hydrogen-bond acceptors (Lipinski definition) is 3. The second-order valence-electron chi connectivity index (χ2n) is 5.41. The van der Waals surface area contributed by atoms with Gasteiger partial charge >= 0.3 is 0 Å². The van der Waals surface area contributed by atoms with Gasteiger partial charge in [-0.25, -0.2) is 0 Å². The zero-order valence-corrected chi connectivity index (χ0v) is 11.7. The molecular formula is C15H26N2O. The molecule has 1 N–H and O–H groups in total. The van der Waals surface area contributed by atoms with Crippen molar-refractivity contribution in [3.63, 3.8) is 0 Å². The highest BCUT2D eigenvalue weighted by molar-refractivity contribution is 5.14. The zero-order chi connectivity index (χ0) is 12.8. The lowest BCUT2D eigenvalue weighted by Crippen LogP contribution is -2.37. The maximum atomic E-state index is 5.58. The normalized spacial score (nSPS) is 19.8. The van der Waals surface area contributed by atoms with Crippen LogP contribution in [0.15, 0.2) is 16.7 Å². The van der Waals surface area contributed by atoms with Gasteiger partial charge in [-0.2, -0.15) is 0 Å². The number of nitrogens with zero attached hydrogens (tertiary/aromatic N) is 1. The Morgan fingerprint density at radius 1 is 1.50 bits per heavy atom. The summed E-state index contributed by atoms with van der Waals surface area (Å²) in [6.07, 6.45) is 6.97. The Bertz CT molecular complexity index is 342. The van der Waals surface area contributed by atoms with Crippen LogP contribution in [0.4, 0.5) is 0 Å². The number of aryl methyl sites for hydroxylation is 1. The summed E-state index contributed by atoms with van der Waals surface area (Å²) >= 11 is 0. The molecule has 1 unspecified atom stereocenters. The minimum absolute atomic E-state index is 0.678. The molecule has 0 spiro atoms. The molecule has 1 fully saturated rings. The Balaban J connectivity index is 1.89. The molecule has 0 amide bonds. The summed E-state index contributed by atoms with van der Waals surface area (Å²) < 4.78 is 5.58. The number of hydrogen-bond donors (Lipinski definition) is 1. The summed E-state index contributed by atoms with van der Waals surface area (Å²) in [5.74, 6) is 1.13. The first-order valence-electron chi connectivity index (χ1n) is 7.28. The van der Waals surface area contributed by atoms with Gasteiger partial charge in [0.2, 0.25) is 0 Å². The van der Waals surface area contributed by atoms with Crippen LogP contribution < -0.4 is 5.32 Å². The third kappa shape index (κ3) is 3.85. The molecule has 0 bridgehead atoms. The van der Waals surface area contributed by atoms with E-state index in [4.69, 9.17) is 4.42 Å². The first-order chi connectivity index (χ1) is 8.79. The van der Waals surface area contributed by atoms with E-state index in [1.54, 1.807) is 6.26 Å². The Morgan fingerprint density at radius 2 is 2.39 bits per heavy atom. The van der Waals surface area contributed by atoms with Crippen LogP contribution >= 0.6 is 0 Å². The third-order valence-corrected chi connectivity index (χ3v) is 3.80. The maximum absolute atomic E-state index is 5.58. The summed E-state index contributed by atoms with van der Waals surface area (Å²) in [7, 11) is 0. The predicted octanol–water partition coefficient (Wildman–Crippen LogP) is 2.94. The van der Waals surface area contributed by atoms with E-state index >= 15 is 0 Å². The number of furan rings is 1. The van der Waals surface area contributed by atoms with Crippen molar-refractivity contribution in [3.8, 4) is 0 Å². The van der Waals surface area contributed by atoms with Crippen LogP contribution in [0, 0.1) is 6.92 Å². The Hall–Kier alpha value is -0.800. The molecule has 0 radical (unpaired) electrons. The smallest absolute Gasteiger partial charge is 0.120 e. The molecule has 1 aromatic heterocycles. The summed E-state index contributed by atoms with van der Waals surface area (Å²) in [4.78, 5) is 2.54. The number of rotatable bonds is 7. The van der Waals surface area contributed by atoms with Gasteiger partial charge in [-0.1, -0.05) is 13.3 Å². The molecule has 1 saturated heterocycles. The lowest BCUT2D eigenvalue weighted by Gasteiger charge is -2.25. The Labute approximate surface area is 111 Å². The highest BCUT2D eigenvalue weighted by atomic mass is 16.3. The molecule has 3 heteroatoms. The van der Waals surface area contributed by atoms with E-state index in [1.165, 1.54) is 44.3 Å². The average molecular weight is 250 g/mol. The lowest BCUT2D eigenvalue weighted by molar-refractivity contribution is 0.219. The Kier molecular flexibility index (Phi) is 5.26. The van der Waals surface area contributed by atoms with Gasteiger partial charge in [0, 0.05) is 12.6 Å². The van der Waals surface area contributed by atoms with Crippen LogP contribution in [0.25, 0.3) is 0 Å². The van der Waals surface area contributed by atoms with Crippen molar-refractivity contribution in [2.45, 2.75) is 52.1 Å². The molecule has 18 heavy (non-hydrogen) atoms. The van der Waals surface area contributed by atoms with Gasteiger partial charge in [0.05, 0.1) is 12.8 Å². The molecule has 3 nitrogen and oxygen atoms in total. The fraction of sp³-hybridized carbons (Fsp3) is 0.733. The molecule has 2 rings (SSSR count). The van der Waals surface area contributed by atoms with Crippen molar-refractivity contribution in [1.82, 2.24) is 10.2 Å². The molecule has 0 saturated carbocycles. The number of nitrogens with one attached hydrogen (secondary N) is 1. The monoisotopic (exact) mass is 250 g/mol. The van der Waals surface area contributed by atoms with Crippen molar-refractivity contribution in [1.29, 1.82) is 0 Å². The molecule has 1 aromatic rings. The van der Waals surface area contributed by atoms with Crippen molar-refractivity contribution in [3.05, 3.63) is 23.7 Å². The summed E-state index contributed by atoms with van der Waals surface area (Å²) in [5, 5.41) is 3.59. The van der Waals surface area contributed by atoms with Crippen LogP contribution in [0.5, 0.6) is 0 Å². The minimum Gasteiger partial charge on any atom is -0.468 e. The second-order valence-corrected chi connectivity index (χ2v) is 5.41. The largest absolute Gasteiger partial charge is 0.468 e. The van der Waals surface area contributed by atoms with Crippen molar-refractivity contribution < 1.29 is 4.42 Å². The number of unbranched alkanes of at least 4 members (excludes halogenated alkanes) is 1. The summed E-state index contributed by atoms with van der Waals surface area (Å²) in [5.41, 5.74) is 1.27. The standard InChI is InChI=1S/C15H26N2O/c1-3-4-9-17(11-14-6-5-8-16-14)12-15-13(2)7-10-18-15/h7,10,14,16H,3-6,8-9,11-12H2,1-2H3. The van der Waals surface area contributed by atoms with E-state index in [-0.39, 0.29) is 0 Å². The molecule has 0 aliphatic carbocycles. The summed E-state index contributed by atoms with van der Waals surface area (Å²) in [6.45, 7) is 8.85. The van der Waals surface area contributed by atoms with E-state index in [1.807, 2.05) is 0 Å². The van der Waals surface area contributed by atoms with Gasteiger partial charge in [0.25, 0.3) is 0 Å². The van der Waals surface area contributed by atoms with Crippen LogP contribution in [0.2, 0.25) is 0 Å². The average Bonchev–Trinajstić information content (AvgIpc) is 2.99. The maximum Gasteiger partial charge on any atom is 0.120 e. The van der Waals surface area contributed by atoms with Gasteiger partial charge in [-0.05, 0) is 50.9 Å². The molecule has 2 heterocycles. The summed E-state index contributed by atoms with van der Waals surface area (Å²) in [6, 6.07) is 2.73. The van der Waals surface area contributed by atoms with Gasteiger partial charge in [-0.15, -0.1) is 0 Å². The minimum atomic E-state index is 0.678. The highest BCUT2D eigenvalue weighted by Gasteiger charge is 2.18. The van der Waals surface area contributed by atoms with Gasteiger partial charge in [0.1, 0.15) is 5.76 Å². The van der Waals surface area contributed by atoms with Gasteiger partial charge in [-0.3, -0.25) is 4.90 Å². The van der Waals surface area contributed by atoms with E-state index in [0.717, 1.165) is 18.8 Å². The second kappa shape index (κ2) is 6.95. The van der Waals surface area contributed by atoms with E-state index < -0.39 is 0 Å². The SMILES string of the molecule is CCCCN(Cc1occc1C)CC1CCCN1. The fourth-order valence-electron chi connectivity index (χ4n) is 2.61. The van der Waals surface area contributed by atoms with Crippen molar-refractivity contribution in [2.75, 3.05) is 19.6 Å². The van der Waals surface area contributed by atoms with E-state index in [0.29, 0.717) is 6.04 Å². The topological polar surface area (TPSA) is 28.4 Å². The molecule has 1 aliphatic heterocycles. The van der Waals surface area contributed by atoms with Crippen LogP contribution in [-0.4, -0.2) is 30.6 Å². The van der Waals surface area contributed by atoms with Crippen LogP contribution in [0.1, 0.15) is 43.9 Å². The van der Waals surface area contributed by atoms with Crippen LogP contribution in [0.3, 0.4) is 0 Å². The van der Waals surface area contributed by atoms with Crippen molar-refractivity contribution in [2.24, 2.45) is 0 Å². The van der Waals surface area contributed by atoms with Crippen LogP contribution in [-0.2, 0) is 6.54 Å². The highest BCUT2D eigenvalue weighted by Crippen LogP contribution is 2.15. The van der Waals surface area contributed by atoms with E-state index in [9.17, 15) is 0 Å². The van der Waals surface area contributed by atoms with Crippen molar-refractivity contribution >= 4 is 0 Å². The Morgan fingerprint density at radius 3 is 3.00 bits per heavy atom. The van der Waals surface area contributed by atoms with E-state index in [2.05, 4.69) is 30.1 Å². The molecule has 102 valence electrons. The lowest BCUT2D eigenvalue weighted by atomic mass is 10.2. The molecule has 1 atom stereocenters. The quantitative estimate of drug-likeness (QED) is 0.806. The molecule has 1 aliphatic rings. The third-order valence-electron chi connectivity index (χ3n) is 3.80. The van der Waals surface area contributed by atoms with Gasteiger partial charge < -0.3 is 9.73 Å². The first kappa shape index (κ1) is 13.6.